The monoisotopic (exact) mass is 299 g/mol. The van der Waals surface area contributed by atoms with Gasteiger partial charge in [-0.15, -0.1) is 0 Å². The van der Waals surface area contributed by atoms with Crippen molar-refractivity contribution in [3.05, 3.63) is 47.5 Å². The van der Waals surface area contributed by atoms with Crippen LogP contribution in [0, 0.1) is 11.8 Å². The predicted molar refractivity (Wildman–Crippen MR) is 83.3 cm³/mol. The molecule has 0 unspecified atom stereocenters. The third kappa shape index (κ3) is 2.91. The highest BCUT2D eigenvalue weighted by Crippen LogP contribution is 2.31. The van der Waals surface area contributed by atoms with E-state index in [-0.39, 0.29) is 11.9 Å². The zero-order valence-electron chi connectivity index (χ0n) is 12.5. The van der Waals surface area contributed by atoms with Crippen molar-refractivity contribution in [1.29, 1.82) is 0 Å². The van der Waals surface area contributed by atoms with E-state index in [1.165, 1.54) is 11.1 Å². The average Bonchev–Trinajstić information content (AvgIpc) is 2.55. The number of hydrogen-bond donors (Lipinski definition) is 2. The third-order valence-electron chi connectivity index (χ3n) is 4.77. The molecule has 0 saturated heterocycles. The number of fused-ring (bicyclic) bond motifs is 1. The zero-order chi connectivity index (χ0) is 15.5. The number of carbonyl (C=O) groups excluding carboxylic acids is 1. The van der Waals surface area contributed by atoms with Crippen LogP contribution in [-0.2, 0) is 16.0 Å². The first kappa shape index (κ1) is 14.8. The molecule has 116 valence electrons. The minimum atomic E-state index is -0.881. The number of carboxylic acids is 1. The lowest BCUT2D eigenvalue weighted by Gasteiger charge is -2.30. The van der Waals surface area contributed by atoms with Gasteiger partial charge in [0, 0.05) is 0 Å². The third-order valence-corrected chi connectivity index (χ3v) is 4.77. The molecule has 0 aliphatic heterocycles. The predicted octanol–water partition coefficient (Wildman–Crippen LogP) is 2.85. The molecule has 0 heterocycles. The van der Waals surface area contributed by atoms with Gasteiger partial charge in [0.15, 0.2) is 0 Å². The maximum absolute atomic E-state index is 12.6. The maximum atomic E-state index is 12.6. The first-order valence-electron chi connectivity index (χ1n) is 7.93. The number of carbonyl (C=O) groups is 2. The Labute approximate surface area is 130 Å². The minimum absolute atomic E-state index is 0.0119. The number of benzene rings is 1. The van der Waals surface area contributed by atoms with Crippen molar-refractivity contribution in [1.82, 2.24) is 5.32 Å². The highest BCUT2D eigenvalue weighted by Gasteiger charge is 2.35. The van der Waals surface area contributed by atoms with Crippen LogP contribution in [0.2, 0.25) is 0 Å². The highest BCUT2D eigenvalue weighted by molar-refractivity contribution is 5.85. The number of hydrogen-bond acceptors (Lipinski definition) is 2. The van der Waals surface area contributed by atoms with Crippen LogP contribution >= 0.6 is 0 Å². The summed E-state index contributed by atoms with van der Waals surface area (Å²) in [5.41, 5.74) is 2.47. The van der Waals surface area contributed by atoms with Gasteiger partial charge in [-0.05, 0) is 43.2 Å². The molecule has 0 fully saturated rings. The lowest BCUT2D eigenvalue weighted by molar-refractivity contribution is -0.147. The number of aliphatic carboxylic acids is 1. The second-order valence-electron chi connectivity index (χ2n) is 6.15. The van der Waals surface area contributed by atoms with E-state index < -0.39 is 17.8 Å². The average molecular weight is 299 g/mol. The molecule has 3 rings (SSSR count). The Kier molecular flexibility index (Phi) is 4.27. The first-order chi connectivity index (χ1) is 10.7. The fourth-order valence-corrected chi connectivity index (χ4v) is 3.56. The SMILES string of the molecule is O=C(O)[C@H]1CC=CC[C@H]1C(=O)N[C@@H]1CCCc2ccccc21. The number of carboxylic acid groups (broad SMARTS) is 1. The molecule has 2 aliphatic carbocycles. The van der Waals surface area contributed by atoms with Crippen molar-refractivity contribution in [2.24, 2.45) is 11.8 Å². The van der Waals surface area contributed by atoms with E-state index in [2.05, 4.69) is 17.4 Å². The fourth-order valence-electron chi connectivity index (χ4n) is 3.56. The van der Waals surface area contributed by atoms with Gasteiger partial charge in [-0.2, -0.15) is 0 Å². The Hall–Kier alpha value is -2.10. The van der Waals surface area contributed by atoms with Crippen molar-refractivity contribution in [3.8, 4) is 0 Å². The van der Waals surface area contributed by atoms with Gasteiger partial charge in [0.25, 0.3) is 0 Å². The smallest absolute Gasteiger partial charge is 0.307 e. The minimum Gasteiger partial charge on any atom is -0.481 e. The maximum Gasteiger partial charge on any atom is 0.307 e. The molecule has 2 aliphatic rings. The van der Waals surface area contributed by atoms with E-state index in [9.17, 15) is 14.7 Å². The molecule has 0 saturated carbocycles. The number of nitrogens with one attached hydrogen (secondary N) is 1. The van der Waals surface area contributed by atoms with E-state index in [0.29, 0.717) is 12.8 Å². The lowest BCUT2D eigenvalue weighted by atomic mass is 9.81. The summed E-state index contributed by atoms with van der Waals surface area (Å²) in [6.45, 7) is 0. The Balaban J connectivity index is 1.75. The molecule has 0 aromatic heterocycles. The van der Waals surface area contributed by atoms with E-state index in [4.69, 9.17) is 0 Å². The molecule has 1 amide bonds. The molecule has 0 bridgehead atoms. The van der Waals surface area contributed by atoms with Crippen LogP contribution < -0.4 is 5.32 Å². The number of amides is 1. The molecule has 3 atom stereocenters. The summed E-state index contributed by atoms with van der Waals surface area (Å²) in [6, 6.07) is 8.20. The van der Waals surface area contributed by atoms with Crippen LogP contribution in [-0.4, -0.2) is 17.0 Å². The van der Waals surface area contributed by atoms with Crippen LogP contribution in [0.4, 0.5) is 0 Å². The molecule has 4 nitrogen and oxygen atoms in total. The first-order valence-corrected chi connectivity index (χ1v) is 7.93. The standard InChI is InChI=1S/C18H21NO3/c20-17(14-9-3-4-10-15(14)18(21)22)19-16-11-5-7-12-6-1-2-8-13(12)16/h1-4,6,8,14-16H,5,7,9-11H2,(H,19,20)(H,21,22)/t14-,15+,16-/m1/s1. The van der Waals surface area contributed by atoms with E-state index >= 15 is 0 Å². The van der Waals surface area contributed by atoms with Gasteiger partial charge >= 0.3 is 5.97 Å². The summed E-state index contributed by atoms with van der Waals surface area (Å²) < 4.78 is 0. The van der Waals surface area contributed by atoms with Gasteiger partial charge in [0.2, 0.25) is 5.91 Å². The number of rotatable bonds is 3. The second kappa shape index (κ2) is 6.34. The number of aryl methyl sites for hydroxylation is 1. The largest absolute Gasteiger partial charge is 0.481 e. The Morgan fingerprint density at radius 2 is 1.82 bits per heavy atom. The van der Waals surface area contributed by atoms with Crippen molar-refractivity contribution < 1.29 is 14.7 Å². The second-order valence-corrected chi connectivity index (χ2v) is 6.15. The van der Waals surface area contributed by atoms with Gasteiger partial charge in [-0.1, -0.05) is 36.4 Å². The molecule has 0 radical (unpaired) electrons. The molecular formula is C18H21NO3. The van der Waals surface area contributed by atoms with Crippen LogP contribution in [0.15, 0.2) is 36.4 Å². The lowest BCUT2D eigenvalue weighted by Crippen LogP contribution is -2.41. The van der Waals surface area contributed by atoms with Crippen LogP contribution in [0.25, 0.3) is 0 Å². The summed E-state index contributed by atoms with van der Waals surface area (Å²) in [5.74, 6) is -2.08. The van der Waals surface area contributed by atoms with Gasteiger partial charge < -0.3 is 10.4 Å². The topological polar surface area (TPSA) is 66.4 Å². The van der Waals surface area contributed by atoms with Gasteiger partial charge in [0.1, 0.15) is 0 Å². The molecule has 2 N–H and O–H groups in total. The van der Waals surface area contributed by atoms with Crippen LogP contribution in [0.5, 0.6) is 0 Å². The van der Waals surface area contributed by atoms with Crippen molar-refractivity contribution in [2.75, 3.05) is 0 Å². The van der Waals surface area contributed by atoms with Gasteiger partial charge in [0.05, 0.1) is 17.9 Å². The highest BCUT2D eigenvalue weighted by atomic mass is 16.4. The Morgan fingerprint density at radius 3 is 2.59 bits per heavy atom. The molecule has 4 heteroatoms. The van der Waals surface area contributed by atoms with Crippen molar-refractivity contribution in [2.45, 2.75) is 38.1 Å². The van der Waals surface area contributed by atoms with Gasteiger partial charge in [-0.3, -0.25) is 9.59 Å². The zero-order valence-corrected chi connectivity index (χ0v) is 12.5. The van der Waals surface area contributed by atoms with Crippen LogP contribution in [0.3, 0.4) is 0 Å². The Bertz CT molecular complexity index is 608. The summed E-state index contributed by atoms with van der Waals surface area (Å²) in [6.07, 6.45) is 7.74. The van der Waals surface area contributed by atoms with Crippen molar-refractivity contribution >= 4 is 11.9 Å². The molecule has 1 aromatic carbocycles. The molecular weight excluding hydrogens is 278 g/mol. The fraction of sp³-hybridized carbons (Fsp3) is 0.444. The van der Waals surface area contributed by atoms with Crippen LogP contribution in [0.1, 0.15) is 42.9 Å². The summed E-state index contributed by atoms with van der Waals surface area (Å²) in [5, 5.41) is 12.4. The molecule has 1 aromatic rings. The van der Waals surface area contributed by atoms with Crippen molar-refractivity contribution in [3.63, 3.8) is 0 Å². The molecule has 22 heavy (non-hydrogen) atoms. The number of allylic oxidation sites excluding steroid dienone is 2. The van der Waals surface area contributed by atoms with E-state index in [1.54, 1.807) is 0 Å². The summed E-state index contributed by atoms with van der Waals surface area (Å²) >= 11 is 0. The quantitative estimate of drug-likeness (QED) is 0.843. The molecule has 0 spiro atoms. The van der Waals surface area contributed by atoms with E-state index in [1.807, 2.05) is 24.3 Å². The summed E-state index contributed by atoms with van der Waals surface area (Å²) in [4.78, 5) is 23.9. The van der Waals surface area contributed by atoms with Gasteiger partial charge in [-0.25, -0.2) is 0 Å². The Morgan fingerprint density at radius 1 is 1.09 bits per heavy atom. The van der Waals surface area contributed by atoms with E-state index in [0.717, 1.165) is 19.3 Å². The normalized spacial score (nSPS) is 27.0. The summed E-state index contributed by atoms with van der Waals surface area (Å²) in [7, 11) is 0.